The van der Waals surface area contributed by atoms with Gasteiger partial charge in [-0.2, -0.15) is 0 Å². The van der Waals surface area contributed by atoms with E-state index in [-0.39, 0.29) is 30.0 Å². The zero-order chi connectivity index (χ0) is 36.1. The number of nitrogens with zero attached hydrogens (tertiary/aromatic N) is 3. The van der Waals surface area contributed by atoms with Crippen LogP contribution in [0.5, 0.6) is 11.5 Å². The summed E-state index contributed by atoms with van der Waals surface area (Å²) in [4.78, 5) is 62.4. The molecule has 4 amide bonds. The van der Waals surface area contributed by atoms with Gasteiger partial charge in [0, 0.05) is 12.8 Å². The quantitative estimate of drug-likeness (QED) is 0.0956. The van der Waals surface area contributed by atoms with Crippen molar-refractivity contribution < 1.29 is 42.7 Å². The molecule has 260 valence electrons. The number of hydrogen-bond acceptors (Lipinski definition) is 10. The van der Waals surface area contributed by atoms with Crippen LogP contribution in [0.4, 0.5) is 0 Å². The molecular formula is C32H38N7O9P. The average molecular weight is 696 g/mol. The lowest BCUT2D eigenvalue weighted by Crippen LogP contribution is -2.52. The number of carbonyl (C=O) groups excluding carboxylic acids is 4. The van der Waals surface area contributed by atoms with Crippen molar-refractivity contribution in [1.29, 1.82) is 0 Å². The van der Waals surface area contributed by atoms with Gasteiger partial charge in [0.05, 0.1) is 6.20 Å². The molecule has 0 spiro atoms. The summed E-state index contributed by atoms with van der Waals surface area (Å²) < 4.78 is 27.2. The molecule has 16 nitrogen and oxygen atoms in total. The fraction of sp³-hybridized carbons (Fsp3) is 0.344. The SMILES string of the molecule is C#CC[C@@H](NC(=O)[C@@H](C)NC(=O)[C@@H](CCC(=O)O)n1cc(C(=O)NC(C(C)C)P(=O)(Oc2ccccc2)Oc2ccccc2)nn1)C(N)=O. The number of amides is 4. The van der Waals surface area contributed by atoms with E-state index in [1.807, 2.05) is 0 Å². The van der Waals surface area contributed by atoms with E-state index < -0.39 is 73.4 Å². The van der Waals surface area contributed by atoms with Gasteiger partial charge in [0.25, 0.3) is 5.91 Å². The highest BCUT2D eigenvalue weighted by molar-refractivity contribution is 7.55. The lowest BCUT2D eigenvalue weighted by atomic mass is 10.1. The largest absolute Gasteiger partial charge is 0.481 e. The number of benzene rings is 2. The fourth-order valence-corrected chi connectivity index (χ4v) is 6.50. The summed E-state index contributed by atoms with van der Waals surface area (Å²) in [5.41, 5.74) is 4.96. The highest BCUT2D eigenvalue weighted by Crippen LogP contribution is 2.54. The smallest absolute Gasteiger partial charge is 0.453 e. The Morgan fingerprint density at radius 2 is 1.51 bits per heavy atom. The molecule has 1 heterocycles. The van der Waals surface area contributed by atoms with Gasteiger partial charge in [-0.25, -0.2) is 9.25 Å². The second-order valence-corrected chi connectivity index (χ2v) is 13.1. The molecule has 1 aromatic heterocycles. The minimum atomic E-state index is -4.19. The second-order valence-electron chi connectivity index (χ2n) is 11.1. The second kappa shape index (κ2) is 17.5. The van der Waals surface area contributed by atoms with Gasteiger partial charge in [-0.15, -0.1) is 17.4 Å². The van der Waals surface area contributed by atoms with E-state index in [1.165, 1.54) is 6.92 Å². The van der Waals surface area contributed by atoms with Crippen molar-refractivity contribution in [2.45, 2.75) is 63.9 Å². The monoisotopic (exact) mass is 695 g/mol. The topological polar surface area (TPSA) is 234 Å². The lowest BCUT2D eigenvalue weighted by molar-refractivity contribution is -0.138. The Bertz CT molecular complexity index is 1660. The van der Waals surface area contributed by atoms with E-state index in [0.29, 0.717) is 0 Å². The first-order chi connectivity index (χ1) is 23.2. The number of terminal acetylenes is 1. The molecule has 3 rings (SSSR count). The molecule has 3 aromatic rings. The molecule has 0 aliphatic carbocycles. The van der Waals surface area contributed by atoms with Crippen molar-refractivity contribution in [3.05, 3.63) is 72.6 Å². The Balaban J connectivity index is 1.84. The van der Waals surface area contributed by atoms with Crippen LogP contribution in [-0.4, -0.2) is 67.6 Å². The molecule has 2 aromatic carbocycles. The maximum atomic E-state index is 14.4. The van der Waals surface area contributed by atoms with Crippen LogP contribution in [0.2, 0.25) is 0 Å². The third-order valence-corrected chi connectivity index (χ3v) is 9.27. The van der Waals surface area contributed by atoms with Gasteiger partial charge < -0.3 is 35.8 Å². The van der Waals surface area contributed by atoms with Gasteiger partial charge in [-0.3, -0.25) is 24.0 Å². The number of nitrogens with two attached hydrogens (primary N) is 1. The molecular weight excluding hydrogens is 657 g/mol. The molecule has 17 heteroatoms. The van der Waals surface area contributed by atoms with E-state index in [0.717, 1.165) is 10.9 Å². The molecule has 0 aliphatic heterocycles. The van der Waals surface area contributed by atoms with Crippen molar-refractivity contribution in [3.63, 3.8) is 0 Å². The molecule has 0 saturated carbocycles. The van der Waals surface area contributed by atoms with Crippen LogP contribution in [0.1, 0.15) is 56.6 Å². The number of nitrogens with one attached hydrogen (secondary N) is 3. The first-order valence-electron chi connectivity index (χ1n) is 15.1. The standard InChI is InChI=1S/C32H38N7O9P/c1-5-12-24(28(33)42)35-29(43)21(4)34-31(45)26(17-18-27(40)41)39-19-25(37-38-39)30(44)36-32(20(2)3)49(46,47-22-13-8-6-9-14-22)48-23-15-10-7-11-16-23/h1,6-11,13-16,19-21,24,26,32H,12,17-18H2,2-4H3,(H2,33,42)(H,34,45)(H,35,43)(H,36,44)(H,40,41)/t21-,24-,26-,32?/m1/s1. The van der Waals surface area contributed by atoms with Crippen molar-refractivity contribution in [3.8, 4) is 23.8 Å². The first kappa shape index (κ1) is 37.8. The van der Waals surface area contributed by atoms with Gasteiger partial charge >= 0.3 is 13.6 Å². The van der Waals surface area contributed by atoms with Gasteiger partial charge in [0.1, 0.15) is 29.6 Å². The highest BCUT2D eigenvalue weighted by atomic mass is 31.2. The summed E-state index contributed by atoms with van der Waals surface area (Å²) in [6.45, 7) is 4.74. The van der Waals surface area contributed by atoms with Crippen molar-refractivity contribution in [2.24, 2.45) is 11.7 Å². The zero-order valence-corrected chi connectivity index (χ0v) is 27.9. The molecule has 0 saturated heterocycles. The maximum Gasteiger partial charge on any atom is 0.453 e. The summed E-state index contributed by atoms with van der Waals surface area (Å²) in [6.07, 6.45) is 5.39. The molecule has 0 fully saturated rings. The molecule has 0 aliphatic rings. The third kappa shape index (κ3) is 10.9. The lowest BCUT2D eigenvalue weighted by Gasteiger charge is -2.30. The Hall–Kier alpha value is -5.68. The van der Waals surface area contributed by atoms with Crippen LogP contribution in [0.15, 0.2) is 66.9 Å². The molecule has 1 unspecified atom stereocenters. The molecule has 49 heavy (non-hydrogen) atoms. The number of primary amides is 1. The number of para-hydroxylation sites is 2. The van der Waals surface area contributed by atoms with Gasteiger partial charge in [0.2, 0.25) is 17.7 Å². The van der Waals surface area contributed by atoms with Gasteiger partial charge in [-0.05, 0) is 43.5 Å². The van der Waals surface area contributed by atoms with E-state index in [2.05, 4.69) is 32.2 Å². The minimum absolute atomic E-state index is 0.170. The Kier molecular flexibility index (Phi) is 13.5. The number of aromatic nitrogens is 3. The van der Waals surface area contributed by atoms with E-state index >= 15 is 0 Å². The van der Waals surface area contributed by atoms with Crippen molar-refractivity contribution in [1.82, 2.24) is 30.9 Å². The number of carboxylic acids is 1. The van der Waals surface area contributed by atoms with E-state index in [4.69, 9.17) is 21.2 Å². The average Bonchev–Trinajstić information content (AvgIpc) is 3.54. The number of hydrogen-bond donors (Lipinski definition) is 5. The third-order valence-electron chi connectivity index (χ3n) is 6.93. The van der Waals surface area contributed by atoms with Gasteiger partial charge in [0.15, 0.2) is 11.5 Å². The number of carbonyl (C=O) groups is 5. The highest BCUT2D eigenvalue weighted by Gasteiger charge is 2.43. The Labute approximate surface area is 282 Å². The first-order valence-corrected chi connectivity index (χ1v) is 16.7. The normalized spacial score (nSPS) is 13.5. The van der Waals surface area contributed by atoms with Crippen LogP contribution in [0.25, 0.3) is 0 Å². The maximum absolute atomic E-state index is 14.4. The number of carboxylic acid groups (broad SMARTS) is 1. The molecule has 6 N–H and O–H groups in total. The number of rotatable bonds is 18. The van der Waals surface area contributed by atoms with Gasteiger partial charge in [-0.1, -0.05) is 55.5 Å². The summed E-state index contributed by atoms with van der Waals surface area (Å²) in [6, 6.07) is 12.9. The zero-order valence-electron chi connectivity index (χ0n) is 27.0. The number of aliphatic carboxylic acids is 1. The molecule has 0 bridgehead atoms. The predicted molar refractivity (Wildman–Crippen MR) is 176 cm³/mol. The van der Waals surface area contributed by atoms with Crippen molar-refractivity contribution >= 4 is 37.2 Å². The summed E-state index contributed by atoms with van der Waals surface area (Å²) >= 11 is 0. The van der Waals surface area contributed by atoms with E-state index in [9.17, 15) is 33.6 Å². The van der Waals surface area contributed by atoms with Crippen molar-refractivity contribution in [2.75, 3.05) is 0 Å². The molecule has 0 radical (unpaired) electrons. The summed E-state index contributed by atoms with van der Waals surface area (Å²) in [7, 11) is -4.19. The predicted octanol–water partition coefficient (Wildman–Crippen LogP) is 2.25. The van der Waals surface area contributed by atoms with Crippen LogP contribution in [0.3, 0.4) is 0 Å². The Morgan fingerprint density at radius 1 is 0.939 bits per heavy atom. The van der Waals surface area contributed by atoms with Crippen LogP contribution >= 0.6 is 7.60 Å². The minimum Gasteiger partial charge on any atom is -0.481 e. The summed E-state index contributed by atoms with van der Waals surface area (Å²) in [5, 5.41) is 24.4. The Morgan fingerprint density at radius 3 is 2.00 bits per heavy atom. The summed E-state index contributed by atoms with van der Waals surface area (Å²) in [5.74, 6) is -3.52. The van der Waals surface area contributed by atoms with Crippen LogP contribution < -0.4 is 30.7 Å². The van der Waals surface area contributed by atoms with Crippen LogP contribution in [-0.2, 0) is 23.7 Å². The fourth-order valence-electron chi connectivity index (χ4n) is 4.40. The van der Waals surface area contributed by atoms with Crippen LogP contribution in [0, 0.1) is 18.3 Å². The van der Waals surface area contributed by atoms with E-state index in [1.54, 1.807) is 74.5 Å². The molecule has 4 atom stereocenters.